The monoisotopic (exact) mass is 209 g/mol. The third-order valence-corrected chi connectivity index (χ3v) is 2.49. The number of aliphatic carboxylic acids is 1. The molecule has 3 atom stereocenters. The summed E-state index contributed by atoms with van der Waals surface area (Å²) in [6.45, 7) is 1.75. The molecule has 0 bridgehead atoms. The van der Waals surface area contributed by atoms with Crippen molar-refractivity contribution in [1.29, 1.82) is 0 Å². The Morgan fingerprint density at radius 3 is 2.33 bits per heavy atom. The molecule has 1 aromatic carbocycles. The van der Waals surface area contributed by atoms with Gasteiger partial charge in [-0.05, 0) is 5.56 Å². The van der Waals surface area contributed by atoms with Crippen molar-refractivity contribution in [3.63, 3.8) is 0 Å². The van der Waals surface area contributed by atoms with Gasteiger partial charge in [0.05, 0.1) is 6.10 Å². The average Bonchev–Trinajstić information content (AvgIpc) is 2.27. The molecule has 4 nitrogen and oxygen atoms in total. The van der Waals surface area contributed by atoms with Crippen LogP contribution in [-0.2, 0) is 4.79 Å². The van der Waals surface area contributed by atoms with Crippen LogP contribution in [-0.4, -0.2) is 28.3 Å². The van der Waals surface area contributed by atoms with Gasteiger partial charge in [0.15, 0.2) is 0 Å². The summed E-state index contributed by atoms with van der Waals surface area (Å²) in [5.41, 5.74) is 6.23. The number of nitrogens with two attached hydrogens (primary N) is 1. The van der Waals surface area contributed by atoms with Crippen molar-refractivity contribution in [2.24, 2.45) is 5.73 Å². The van der Waals surface area contributed by atoms with Gasteiger partial charge in [0, 0.05) is 5.92 Å². The molecule has 82 valence electrons. The summed E-state index contributed by atoms with van der Waals surface area (Å²) in [4.78, 5) is 10.6. The van der Waals surface area contributed by atoms with Gasteiger partial charge in [-0.1, -0.05) is 37.3 Å². The lowest BCUT2D eigenvalue weighted by Gasteiger charge is -2.22. The van der Waals surface area contributed by atoms with Gasteiger partial charge in [-0.15, -0.1) is 0 Å². The van der Waals surface area contributed by atoms with Crippen molar-refractivity contribution >= 4 is 5.97 Å². The van der Waals surface area contributed by atoms with E-state index in [0.29, 0.717) is 0 Å². The van der Waals surface area contributed by atoms with E-state index in [2.05, 4.69) is 0 Å². The fourth-order valence-corrected chi connectivity index (χ4v) is 1.41. The molecule has 4 heteroatoms. The average molecular weight is 209 g/mol. The van der Waals surface area contributed by atoms with Crippen LogP contribution in [0.25, 0.3) is 0 Å². The van der Waals surface area contributed by atoms with Crippen molar-refractivity contribution in [3.8, 4) is 0 Å². The van der Waals surface area contributed by atoms with E-state index in [0.717, 1.165) is 5.56 Å². The maximum atomic E-state index is 10.6. The standard InChI is InChI=1S/C11H15NO3/c1-7(8-5-3-2-4-6-8)10(13)9(12)11(14)15/h2-7,9-10,13H,12H2,1H3,(H,14,15). The van der Waals surface area contributed by atoms with Crippen LogP contribution >= 0.6 is 0 Å². The van der Waals surface area contributed by atoms with Gasteiger partial charge in [0.1, 0.15) is 6.04 Å². The zero-order chi connectivity index (χ0) is 11.4. The summed E-state index contributed by atoms with van der Waals surface area (Å²) in [7, 11) is 0. The molecule has 3 unspecified atom stereocenters. The highest BCUT2D eigenvalue weighted by Crippen LogP contribution is 2.20. The minimum atomic E-state index is -1.25. The molecule has 0 heterocycles. The highest BCUT2D eigenvalue weighted by atomic mass is 16.4. The van der Waals surface area contributed by atoms with Gasteiger partial charge in [0.2, 0.25) is 0 Å². The summed E-state index contributed by atoms with van der Waals surface area (Å²) in [6, 6.07) is 7.96. The molecule has 0 saturated carbocycles. The predicted octanol–water partition coefficient (Wildman–Crippen LogP) is 0.563. The van der Waals surface area contributed by atoms with Crippen LogP contribution in [0, 0.1) is 0 Å². The van der Waals surface area contributed by atoms with E-state index in [9.17, 15) is 9.90 Å². The van der Waals surface area contributed by atoms with Crippen molar-refractivity contribution in [2.45, 2.75) is 25.0 Å². The van der Waals surface area contributed by atoms with Gasteiger partial charge in [-0.2, -0.15) is 0 Å². The molecule has 0 radical (unpaired) electrons. The lowest BCUT2D eigenvalue weighted by atomic mass is 9.91. The van der Waals surface area contributed by atoms with Gasteiger partial charge in [0.25, 0.3) is 0 Å². The maximum absolute atomic E-state index is 10.6. The Morgan fingerprint density at radius 2 is 1.87 bits per heavy atom. The first kappa shape index (κ1) is 11.7. The van der Waals surface area contributed by atoms with Crippen molar-refractivity contribution in [1.82, 2.24) is 0 Å². The number of rotatable bonds is 4. The topological polar surface area (TPSA) is 83.5 Å². The summed E-state index contributed by atoms with van der Waals surface area (Å²) >= 11 is 0. The van der Waals surface area contributed by atoms with Crippen LogP contribution in [0.2, 0.25) is 0 Å². The molecule has 15 heavy (non-hydrogen) atoms. The van der Waals surface area contributed by atoms with Crippen LogP contribution in [0.15, 0.2) is 30.3 Å². The number of hydrogen-bond acceptors (Lipinski definition) is 3. The molecule has 0 saturated heterocycles. The fraction of sp³-hybridized carbons (Fsp3) is 0.364. The molecular weight excluding hydrogens is 194 g/mol. The first-order valence-corrected chi connectivity index (χ1v) is 4.75. The molecule has 0 amide bonds. The molecule has 0 aliphatic rings. The Hall–Kier alpha value is -1.39. The van der Waals surface area contributed by atoms with E-state index in [1.54, 1.807) is 6.92 Å². The highest BCUT2D eigenvalue weighted by Gasteiger charge is 2.27. The minimum absolute atomic E-state index is 0.294. The molecule has 0 aliphatic heterocycles. The molecule has 0 aromatic heterocycles. The molecule has 0 spiro atoms. The van der Waals surface area contributed by atoms with Crippen LogP contribution in [0.4, 0.5) is 0 Å². The van der Waals surface area contributed by atoms with E-state index in [1.807, 2.05) is 30.3 Å². The Morgan fingerprint density at radius 1 is 1.33 bits per heavy atom. The lowest BCUT2D eigenvalue weighted by Crippen LogP contribution is -2.44. The number of aliphatic hydroxyl groups excluding tert-OH is 1. The number of carboxylic acids is 1. The Balaban J connectivity index is 2.77. The third-order valence-electron chi connectivity index (χ3n) is 2.49. The fourth-order valence-electron chi connectivity index (χ4n) is 1.41. The Bertz CT molecular complexity index is 326. The van der Waals surface area contributed by atoms with Crippen LogP contribution in [0.5, 0.6) is 0 Å². The second-order valence-corrected chi connectivity index (χ2v) is 3.55. The Kier molecular flexibility index (Phi) is 3.82. The molecular formula is C11H15NO3. The van der Waals surface area contributed by atoms with E-state index in [4.69, 9.17) is 10.8 Å². The summed E-state index contributed by atoms with van der Waals surface area (Å²) < 4.78 is 0. The van der Waals surface area contributed by atoms with Crippen LogP contribution in [0.3, 0.4) is 0 Å². The third kappa shape index (κ3) is 2.78. The van der Waals surface area contributed by atoms with Crippen LogP contribution < -0.4 is 5.73 Å². The van der Waals surface area contributed by atoms with Gasteiger partial charge in [-0.25, -0.2) is 0 Å². The zero-order valence-corrected chi connectivity index (χ0v) is 8.50. The number of benzene rings is 1. The quantitative estimate of drug-likeness (QED) is 0.676. The zero-order valence-electron chi connectivity index (χ0n) is 8.50. The first-order chi connectivity index (χ1) is 7.04. The number of carbonyl (C=O) groups is 1. The number of hydrogen-bond donors (Lipinski definition) is 3. The van der Waals surface area contributed by atoms with E-state index in [1.165, 1.54) is 0 Å². The van der Waals surface area contributed by atoms with Gasteiger partial charge in [-0.3, -0.25) is 4.79 Å². The second kappa shape index (κ2) is 4.91. The normalized spacial score (nSPS) is 16.7. The molecule has 0 aliphatic carbocycles. The number of aliphatic hydroxyl groups is 1. The summed E-state index contributed by atoms with van der Waals surface area (Å²) in [5.74, 6) is -1.48. The largest absolute Gasteiger partial charge is 0.480 e. The smallest absolute Gasteiger partial charge is 0.323 e. The Labute approximate surface area is 88.3 Å². The molecule has 1 aromatic rings. The van der Waals surface area contributed by atoms with E-state index < -0.39 is 18.1 Å². The number of carboxylic acid groups (broad SMARTS) is 1. The van der Waals surface area contributed by atoms with E-state index >= 15 is 0 Å². The molecule has 0 fully saturated rings. The van der Waals surface area contributed by atoms with Gasteiger partial charge >= 0.3 is 5.97 Å². The van der Waals surface area contributed by atoms with Crippen LogP contribution in [0.1, 0.15) is 18.4 Å². The minimum Gasteiger partial charge on any atom is -0.480 e. The molecule has 4 N–H and O–H groups in total. The predicted molar refractivity (Wildman–Crippen MR) is 56.5 cm³/mol. The molecule has 1 rings (SSSR count). The van der Waals surface area contributed by atoms with Gasteiger partial charge < -0.3 is 15.9 Å². The van der Waals surface area contributed by atoms with Crippen molar-refractivity contribution in [2.75, 3.05) is 0 Å². The first-order valence-electron chi connectivity index (χ1n) is 4.75. The maximum Gasteiger partial charge on any atom is 0.323 e. The SMILES string of the molecule is CC(c1ccccc1)C(O)C(N)C(=O)O. The van der Waals surface area contributed by atoms with Crippen molar-refractivity contribution < 1.29 is 15.0 Å². The summed E-state index contributed by atoms with van der Waals surface area (Å²) in [6.07, 6.45) is -1.08. The second-order valence-electron chi connectivity index (χ2n) is 3.55. The van der Waals surface area contributed by atoms with E-state index in [-0.39, 0.29) is 5.92 Å². The summed E-state index contributed by atoms with van der Waals surface area (Å²) in [5, 5.41) is 18.4. The highest BCUT2D eigenvalue weighted by molar-refractivity contribution is 5.74. The lowest BCUT2D eigenvalue weighted by molar-refractivity contribution is -0.141. The van der Waals surface area contributed by atoms with Crippen molar-refractivity contribution in [3.05, 3.63) is 35.9 Å².